The summed E-state index contributed by atoms with van der Waals surface area (Å²) in [5.74, 6) is 1.39. The van der Waals surface area contributed by atoms with Gasteiger partial charge in [0.15, 0.2) is 17.1 Å². The summed E-state index contributed by atoms with van der Waals surface area (Å²) in [7, 11) is 1.64. The topological polar surface area (TPSA) is 69.7 Å². The predicted molar refractivity (Wildman–Crippen MR) is 97.9 cm³/mol. The number of carbonyl (C=O) groups is 1. The molecule has 1 aromatic heterocycles. The summed E-state index contributed by atoms with van der Waals surface area (Å²) < 4.78 is 17.5. The Bertz CT molecular complexity index is 774. The van der Waals surface area contributed by atoms with Crippen molar-refractivity contribution in [3.8, 4) is 11.5 Å². The first kappa shape index (κ1) is 17.1. The Morgan fingerprint density at radius 3 is 2.85 bits per heavy atom. The number of nitrogens with zero attached hydrogens (tertiary/aromatic N) is 1. The lowest BCUT2D eigenvalue weighted by Gasteiger charge is -2.36. The highest BCUT2D eigenvalue weighted by Gasteiger charge is 2.44. The van der Waals surface area contributed by atoms with Crippen molar-refractivity contribution in [2.75, 3.05) is 13.7 Å². The van der Waals surface area contributed by atoms with Crippen LogP contribution in [-0.2, 0) is 10.3 Å². The van der Waals surface area contributed by atoms with E-state index in [4.69, 9.17) is 14.2 Å². The standard InChI is InChI=1S/C19H22N2O4S/c1-23-15-7-6-13(12-16(15)24-14-4-2-3-5-14)19(17-20-10-11-26-17)8-9-21-18(22)25-19/h6-7,10-12,14H,2-5,8-9H2,1H3,(H,21,22). The van der Waals surface area contributed by atoms with Gasteiger partial charge in [-0.1, -0.05) is 6.07 Å². The SMILES string of the molecule is COc1ccc(C2(c3nccs3)CCNC(=O)O2)cc1OC1CCCC1. The number of aromatic nitrogens is 1. The molecule has 0 bridgehead atoms. The van der Waals surface area contributed by atoms with Gasteiger partial charge in [0.1, 0.15) is 5.01 Å². The molecular weight excluding hydrogens is 352 g/mol. The molecule has 4 rings (SSSR count). The van der Waals surface area contributed by atoms with Crippen molar-refractivity contribution in [2.24, 2.45) is 0 Å². The number of thiazole rings is 1. The van der Waals surface area contributed by atoms with Crippen LogP contribution in [0, 0.1) is 0 Å². The van der Waals surface area contributed by atoms with Gasteiger partial charge in [-0.25, -0.2) is 9.78 Å². The van der Waals surface area contributed by atoms with Crippen LogP contribution in [0.2, 0.25) is 0 Å². The van der Waals surface area contributed by atoms with E-state index >= 15 is 0 Å². The van der Waals surface area contributed by atoms with Crippen LogP contribution in [0.25, 0.3) is 0 Å². The molecule has 1 saturated heterocycles. The van der Waals surface area contributed by atoms with Gasteiger partial charge in [-0.05, 0) is 37.8 Å². The summed E-state index contributed by atoms with van der Waals surface area (Å²) in [6, 6.07) is 5.75. The highest BCUT2D eigenvalue weighted by atomic mass is 32.1. The van der Waals surface area contributed by atoms with E-state index in [0.29, 0.717) is 24.5 Å². The zero-order chi connectivity index (χ0) is 18.0. The summed E-state index contributed by atoms with van der Waals surface area (Å²) in [6.07, 6.45) is 6.63. The molecule has 1 N–H and O–H groups in total. The van der Waals surface area contributed by atoms with E-state index in [9.17, 15) is 4.79 Å². The van der Waals surface area contributed by atoms with Crippen LogP contribution >= 0.6 is 11.3 Å². The monoisotopic (exact) mass is 374 g/mol. The molecular formula is C19H22N2O4S. The number of alkyl carbamates (subject to hydrolysis) is 1. The van der Waals surface area contributed by atoms with Crippen LogP contribution < -0.4 is 14.8 Å². The first-order valence-corrected chi connectivity index (χ1v) is 9.81. The van der Waals surface area contributed by atoms with E-state index in [1.54, 1.807) is 13.3 Å². The second kappa shape index (κ2) is 7.15. The molecule has 1 aliphatic carbocycles. The van der Waals surface area contributed by atoms with E-state index in [1.807, 2.05) is 23.6 Å². The molecule has 0 radical (unpaired) electrons. The van der Waals surface area contributed by atoms with Gasteiger partial charge in [-0.15, -0.1) is 11.3 Å². The second-order valence-electron chi connectivity index (χ2n) is 6.62. The maximum atomic E-state index is 12.0. The smallest absolute Gasteiger partial charge is 0.408 e. The zero-order valence-electron chi connectivity index (χ0n) is 14.7. The van der Waals surface area contributed by atoms with Gasteiger partial charge in [-0.2, -0.15) is 0 Å². The van der Waals surface area contributed by atoms with Gasteiger partial charge in [0.05, 0.1) is 13.2 Å². The van der Waals surface area contributed by atoms with E-state index in [2.05, 4.69) is 10.3 Å². The fraction of sp³-hybridized carbons (Fsp3) is 0.474. The molecule has 1 unspecified atom stereocenters. The summed E-state index contributed by atoms with van der Waals surface area (Å²) in [6.45, 7) is 0.531. The van der Waals surface area contributed by atoms with Crippen molar-refractivity contribution in [3.05, 3.63) is 40.3 Å². The number of nitrogens with one attached hydrogen (secondary N) is 1. The number of hydrogen-bond acceptors (Lipinski definition) is 6. The minimum atomic E-state index is -0.892. The number of cyclic esters (lactones) is 1. The van der Waals surface area contributed by atoms with Gasteiger partial charge in [0.2, 0.25) is 0 Å². The molecule has 1 amide bonds. The van der Waals surface area contributed by atoms with Crippen LogP contribution in [0.3, 0.4) is 0 Å². The summed E-state index contributed by atoms with van der Waals surface area (Å²) >= 11 is 1.49. The molecule has 2 heterocycles. The molecule has 2 fully saturated rings. The number of hydrogen-bond donors (Lipinski definition) is 1. The Morgan fingerprint density at radius 2 is 2.15 bits per heavy atom. The number of methoxy groups -OCH3 is 1. The van der Waals surface area contributed by atoms with Gasteiger partial charge in [-0.3, -0.25) is 0 Å². The van der Waals surface area contributed by atoms with Crippen LogP contribution in [0.5, 0.6) is 11.5 Å². The van der Waals surface area contributed by atoms with Gasteiger partial charge >= 0.3 is 6.09 Å². The number of carbonyl (C=O) groups excluding carboxylic acids is 1. The lowest BCUT2D eigenvalue weighted by molar-refractivity contribution is 0.0132. The minimum Gasteiger partial charge on any atom is -0.493 e. The van der Waals surface area contributed by atoms with E-state index < -0.39 is 11.7 Å². The lowest BCUT2D eigenvalue weighted by Crippen LogP contribution is -2.46. The Labute approximate surface area is 156 Å². The van der Waals surface area contributed by atoms with Crippen LogP contribution in [0.15, 0.2) is 29.8 Å². The molecule has 0 spiro atoms. The van der Waals surface area contributed by atoms with Crippen molar-refractivity contribution in [2.45, 2.75) is 43.8 Å². The second-order valence-corrected chi connectivity index (χ2v) is 7.52. The highest BCUT2D eigenvalue weighted by molar-refractivity contribution is 7.09. The molecule has 138 valence electrons. The van der Waals surface area contributed by atoms with Crippen LogP contribution in [-0.4, -0.2) is 30.8 Å². The Morgan fingerprint density at radius 1 is 1.31 bits per heavy atom. The van der Waals surface area contributed by atoms with Crippen molar-refractivity contribution in [1.82, 2.24) is 10.3 Å². The molecule has 1 saturated carbocycles. The van der Waals surface area contributed by atoms with E-state index in [0.717, 1.165) is 23.4 Å². The van der Waals surface area contributed by atoms with Crippen molar-refractivity contribution in [3.63, 3.8) is 0 Å². The fourth-order valence-electron chi connectivity index (χ4n) is 3.69. The predicted octanol–water partition coefficient (Wildman–Crippen LogP) is 3.85. The number of benzene rings is 1. The van der Waals surface area contributed by atoms with Crippen LogP contribution in [0.1, 0.15) is 42.7 Å². The maximum Gasteiger partial charge on any atom is 0.408 e. The maximum absolute atomic E-state index is 12.0. The Hall–Kier alpha value is -2.28. The molecule has 7 heteroatoms. The molecule has 1 aromatic carbocycles. The molecule has 26 heavy (non-hydrogen) atoms. The first-order chi connectivity index (χ1) is 12.7. The quantitative estimate of drug-likeness (QED) is 0.861. The van der Waals surface area contributed by atoms with Crippen molar-refractivity contribution in [1.29, 1.82) is 0 Å². The highest BCUT2D eigenvalue weighted by Crippen LogP contribution is 2.43. The summed E-state index contributed by atoms with van der Waals surface area (Å²) in [5.41, 5.74) is -0.0348. The van der Waals surface area contributed by atoms with Gasteiger partial charge in [0, 0.05) is 30.1 Å². The Kier molecular flexibility index (Phi) is 4.72. The molecule has 6 nitrogen and oxygen atoms in total. The third kappa shape index (κ3) is 3.11. The fourth-order valence-corrected chi connectivity index (χ4v) is 4.52. The molecule has 2 aliphatic rings. The summed E-state index contributed by atoms with van der Waals surface area (Å²) in [5, 5.41) is 5.39. The van der Waals surface area contributed by atoms with Crippen molar-refractivity contribution >= 4 is 17.4 Å². The van der Waals surface area contributed by atoms with Crippen molar-refractivity contribution < 1.29 is 19.0 Å². The zero-order valence-corrected chi connectivity index (χ0v) is 15.5. The molecule has 1 atom stereocenters. The third-order valence-corrected chi connectivity index (χ3v) is 5.93. The van der Waals surface area contributed by atoms with Crippen LogP contribution in [0.4, 0.5) is 4.79 Å². The summed E-state index contributed by atoms with van der Waals surface area (Å²) in [4.78, 5) is 16.5. The van der Waals surface area contributed by atoms with E-state index in [-0.39, 0.29) is 6.10 Å². The minimum absolute atomic E-state index is 0.213. The molecule has 1 aliphatic heterocycles. The molecule has 2 aromatic rings. The first-order valence-electron chi connectivity index (χ1n) is 8.93. The number of rotatable bonds is 5. The van der Waals surface area contributed by atoms with Gasteiger partial charge in [0.25, 0.3) is 0 Å². The van der Waals surface area contributed by atoms with Gasteiger partial charge < -0.3 is 19.5 Å². The normalized spacial score (nSPS) is 23.3. The lowest BCUT2D eigenvalue weighted by atomic mass is 9.89. The third-order valence-electron chi connectivity index (χ3n) is 5.02. The average molecular weight is 374 g/mol. The largest absolute Gasteiger partial charge is 0.493 e. The average Bonchev–Trinajstić information content (AvgIpc) is 3.36. The Balaban J connectivity index is 1.75. The number of amides is 1. The van der Waals surface area contributed by atoms with E-state index in [1.165, 1.54) is 24.2 Å². The number of ether oxygens (including phenoxy) is 3.